The number of nitrogens with zero attached hydrogens (tertiary/aromatic N) is 3. The average Bonchev–Trinajstić information content (AvgIpc) is 3.80. The second-order valence-electron chi connectivity index (χ2n) is 13.5. The lowest BCUT2D eigenvalue weighted by atomic mass is 9.69. The van der Waals surface area contributed by atoms with E-state index >= 15 is 0 Å². The van der Waals surface area contributed by atoms with Gasteiger partial charge in [0.2, 0.25) is 0 Å². The molecule has 1 saturated carbocycles. The smallest absolute Gasteiger partial charge is 0.410 e. The Kier molecular flexibility index (Phi) is 8.59. The van der Waals surface area contributed by atoms with Crippen molar-refractivity contribution in [1.82, 2.24) is 14.5 Å². The molecule has 2 heterocycles. The minimum absolute atomic E-state index is 0.305. The van der Waals surface area contributed by atoms with Crippen LogP contribution in [0.15, 0.2) is 66.7 Å². The van der Waals surface area contributed by atoms with Crippen molar-refractivity contribution in [3.63, 3.8) is 0 Å². The third kappa shape index (κ3) is 6.23. The van der Waals surface area contributed by atoms with E-state index in [1.807, 2.05) is 63.2 Å². The Morgan fingerprint density at radius 1 is 0.913 bits per heavy atom. The van der Waals surface area contributed by atoms with Crippen molar-refractivity contribution in [3.8, 4) is 0 Å². The molecule has 46 heavy (non-hydrogen) atoms. The standard InChI is InChI=1S/C36H39Cl2N3O5/c1-34(2,3)46-33(43)40-19-17-35(44,18-20-40)22-41-30-21-26(11-16-29(30)39-31(41)23-5-6-23)36(32(42)45-4,24-7-12-27(37)13-8-24)25-9-14-28(38)15-10-25/h7-16,21,23,44H,5-6,17-20,22H2,1-4H3. The molecule has 0 unspecified atom stereocenters. The lowest BCUT2D eigenvalue weighted by molar-refractivity contribution is -0.144. The number of likely N-dealkylation sites (tertiary alicyclic amines) is 1. The summed E-state index contributed by atoms with van der Waals surface area (Å²) in [5.41, 5.74) is 0.672. The molecule has 10 heteroatoms. The second-order valence-corrected chi connectivity index (χ2v) is 14.4. The molecular weight excluding hydrogens is 625 g/mol. The van der Waals surface area contributed by atoms with Gasteiger partial charge in [0.15, 0.2) is 0 Å². The molecule has 1 aliphatic carbocycles. The number of fused-ring (bicyclic) bond motifs is 1. The topological polar surface area (TPSA) is 93.9 Å². The van der Waals surface area contributed by atoms with E-state index in [1.165, 1.54) is 7.11 Å². The van der Waals surface area contributed by atoms with Crippen molar-refractivity contribution in [2.24, 2.45) is 0 Å². The fraction of sp³-hybridized carbons (Fsp3) is 0.417. The molecule has 242 valence electrons. The van der Waals surface area contributed by atoms with Gasteiger partial charge >= 0.3 is 12.1 Å². The number of piperidine rings is 1. The minimum Gasteiger partial charge on any atom is -0.468 e. The van der Waals surface area contributed by atoms with Gasteiger partial charge in [0.1, 0.15) is 16.8 Å². The Morgan fingerprint density at radius 3 is 1.96 bits per heavy atom. The molecule has 1 aromatic heterocycles. The molecule has 2 fully saturated rings. The van der Waals surface area contributed by atoms with Gasteiger partial charge in [-0.1, -0.05) is 53.5 Å². The van der Waals surface area contributed by atoms with Crippen LogP contribution in [-0.2, 0) is 26.2 Å². The number of hydrogen-bond donors (Lipinski definition) is 1. The highest BCUT2D eigenvalue weighted by molar-refractivity contribution is 6.30. The largest absolute Gasteiger partial charge is 0.468 e. The highest BCUT2D eigenvalue weighted by Gasteiger charge is 2.46. The summed E-state index contributed by atoms with van der Waals surface area (Å²) >= 11 is 12.6. The van der Waals surface area contributed by atoms with Crippen LogP contribution in [0.2, 0.25) is 10.0 Å². The first kappa shape index (κ1) is 32.4. The first-order valence-corrected chi connectivity index (χ1v) is 16.4. The number of carbonyl (C=O) groups excluding carboxylic acids is 2. The van der Waals surface area contributed by atoms with Crippen molar-refractivity contribution < 1.29 is 24.2 Å². The monoisotopic (exact) mass is 663 g/mol. The van der Waals surface area contributed by atoms with Crippen molar-refractivity contribution >= 4 is 46.3 Å². The summed E-state index contributed by atoms with van der Waals surface area (Å²) in [6.07, 6.45) is 2.49. The van der Waals surface area contributed by atoms with E-state index in [-0.39, 0.29) is 6.09 Å². The van der Waals surface area contributed by atoms with E-state index in [9.17, 15) is 14.7 Å². The van der Waals surface area contributed by atoms with Gasteiger partial charge in [0.05, 0.1) is 30.3 Å². The van der Waals surface area contributed by atoms with Gasteiger partial charge in [-0.25, -0.2) is 9.78 Å². The minimum atomic E-state index is -1.34. The zero-order valence-electron chi connectivity index (χ0n) is 26.6. The number of ether oxygens (including phenoxy) is 2. The molecule has 0 spiro atoms. The fourth-order valence-corrected chi connectivity index (χ4v) is 6.74. The third-order valence-corrected chi connectivity index (χ3v) is 9.50. The maximum Gasteiger partial charge on any atom is 0.410 e. The Labute approximate surface area is 279 Å². The fourth-order valence-electron chi connectivity index (χ4n) is 6.48. The van der Waals surface area contributed by atoms with E-state index in [1.54, 1.807) is 29.2 Å². The lowest BCUT2D eigenvalue weighted by Gasteiger charge is -2.39. The van der Waals surface area contributed by atoms with Gasteiger partial charge in [-0.05, 0) is 99.5 Å². The van der Waals surface area contributed by atoms with E-state index in [2.05, 4.69) is 4.57 Å². The zero-order chi connectivity index (χ0) is 32.9. The van der Waals surface area contributed by atoms with Crippen LogP contribution in [0.5, 0.6) is 0 Å². The highest BCUT2D eigenvalue weighted by Crippen LogP contribution is 2.45. The molecule has 4 aromatic rings. The molecule has 0 radical (unpaired) electrons. The summed E-state index contributed by atoms with van der Waals surface area (Å²) in [7, 11) is 1.38. The number of rotatable bonds is 7. The summed E-state index contributed by atoms with van der Waals surface area (Å²) in [4.78, 5) is 33.5. The SMILES string of the molecule is COC(=O)C(c1ccc(Cl)cc1)(c1ccc(Cl)cc1)c1ccc2nc(C3CC3)n(CC3(O)CCN(C(=O)OC(C)(C)C)CC3)c2c1. The molecule has 1 aliphatic heterocycles. The number of aliphatic hydroxyl groups is 1. The first-order valence-electron chi connectivity index (χ1n) is 15.6. The van der Waals surface area contributed by atoms with Crippen LogP contribution in [0.25, 0.3) is 11.0 Å². The van der Waals surface area contributed by atoms with E-state index in [0.29, 0.717) is 65.1 Å². The predicted molar refractivity (Wildman–Crippen MR) is 179 cm³/mol. The van der Waals surface area contributed by atoms with Gasteiger partial charge in [-0.3, -0.25) is 4.79 Å². The molecule has 1 amide bonds. The number of benzene rings is 3. The number of halogens is 2. The van der Waals surface area contributed by atoms with Crippen LogP contribution >= 0.6 is 23.2 Å². The first-order chi connectivity index (χ1) is 21.8. The van der Waals surface area contributed by atoms with Crippen LogP contribution in [0.1, 0.15) is 74.9 Å². The Balaban J connectivity index is 1.44. The molecule has 6 rings (SSSR count). The number of esters is 1. The number of methoxy groups -OCH3 is 1. The molecular formula is C36H39Cl2N3O5. The molecule has 3 aromatic carbocycles. The van der Waals surface area contributed by atoms with Crippen molar-refractivity contribution in [1.29, 1.82) is 0 Å². The van der Waals surface area contributed by atoms with Crippen LogP contribution in [0.3, 0.4) is 0 Å². The number of aromatic nitrogens is 2. The Morgan fingerprint density at radius 2 is 1.46 bits per heavy atom. The second kappa shape index (κ2) is 12.2. The normalized spacial score (nSPS) is 16.8. The van der Waals surface area contributed by atoms with E-state index < -0.39 is 22.6 Å². The van der Waals surface area contributed by atoms with Crippen molar-refractivity contribution in [2.75, 3.05) is 20.2 Å². The Hall–Kier alpha value is -3.59. The van der Waals surface area contributed by atoms with Crippen molar-refractivity contribution in [2.45, 2.75) is 75.5 Å². The highest BCUT2D eigenvalue weighted by atomic mass is 35.5. The lowest BCUT2D eigenvalue weighted by Crippen LogP contribution is -2.49. The number of imidazole rings is 1. The van der Waals surface area contributed by atoms with E-state index in [0.717, 1.165) is 29.7 Å². The summed E-state index contributed by atoms with van der Waals surface area (Å²) < 4.78 is 13.2. The van der Waals surface area contributed by atoms with E-state index in [4.69, 9.17) is 37.7 Å². The Bertz CT molecular complexity index is 1700. The predicted octanol–water partition coefficient (Wildman–Crippen LogP) is 7.49. The quantitative estimate of drug-likeness (QED) is 0.163. The maximum atomic E-state index is 14.1. The molecule has 1 saturated heterocycles. The number of carbonyl (C=O) groups is 2. The molecule has 8 nitrogen and oxygen atoms in total. The molecule has 2 aliphatic rings. The number of amides is 1. The van der Waals surface area contributed by atoms with Gasteiger partial charge in [-0.15, -0.1) is 0 Å². The van der Waals surface area contributed by atoms with Gasteiger partial charge in [-0.2, -0.15) is 0 Å². The van der Waals surface area contributed by atoms with Gasteiger partial charge in [0, 0.05) is 29.1 Å². The summed E-state index contributed by atoms with van der Waals surface area (Å²) in [5, 5.41) is 13.0. The van der Waals surface area contributed by atoms with Gasteiger partial charge < -0.3 is 24.0 Å². The average molecular weight is 665 g/mol. The zero-order valence-corrected chi connectivity index (χ0v) is 28.1. The summed E-state index contributed by atoms with van der Waals surface area (Å²) in [6.45, 7) is 6.63. The number of hydrogen-bond acceptors (Lipinski definition) is 6. The maximum absolute atomic E-state index is 14.1. The molecule has 0 bridgehead atoms. The summed E-state index contributed by atoms with van der Waals surface area (Å²) in [5.74, 6) is 0.772. The van der Waals surface area contributed by atoms with Crippen LogP contribution in [-0.4, -0.2) is 63.0 Å². The van der Waals surface area contributed by atoms with Crippen LogP contribution in [0.4, 0.5) is 4.79 Å². The molecule has 1 N–H and O–H groups in total. The van der Waals surface area contributed by atoms with Crippen LogP contribution < -0.4 is 0 Å². The van der Waals surface area contributed by atoms with Crippen molar-refractivity contribution in [3.05, 3.63) is 99.3 Å². The third-order valence-electron chi connectivity index (χ3n) is 9.00. The van der Waals surface area contributed by atoms with Crippen LogP contribution in [0, 0.1) is 0 Å². The molecule has 0 atom stereocenters. The van der Waals surface area contributed by atoms with Gasteiger partial charge in [0.25, 0.3) is 0 Å². The summed E-state index contributed by atoms with van der Waals surface area (Å²) in [6, 6.07) is 20.3.